The molecule has 1 saturated heterocycles. The van der Waals surface area contributed by atoms with Crippen molar-refractivity contribution in [3.05, 3.63) is 28.2 Å². The lowest BCUT2D eigenvalue weighted by atomic mass is 10.3. The Hall–Kier alpha value is -0.560. The smallest absolute Gasteiger partial charge is 0.171 e. The number of para-hydroxylation sites is 1. The second kappa shape index (κ2) is 5.83. The van der Waals surface area contributed by atoms with Crippen molar-refractivity contribution in [2.75, 3.05) is 16.8 Å². The SMILES string of the molecule is O=S1(=O)CCC(NC(=S)Nc2c(Cl)cccc2Cl)C1. The van der Waals surface area contributed by atoms with Gasteiger partial charge in [0.15, 0.2) is 14.9 Å². The number of sulfone groups is 1. The molecule has 0 aromatic heterocycles. The van der Waals surface area contributed by atoms with Gasteiger partial charge in [-0.15, -0.1) is 0 Å². The maximum Gasteiger partial charge on any atom is 0.171 e. The van der Waals surface area contributed by atoms with Gasteiger partial charge in [-0.05, 0) is 30.8 Å². The van der Waals surface area contributed by atoms with Crippen LogP contribution in [-0.2, 0) is 9.84 Å². The maximum atomic E-state index is 11.3. The fraction of sp³-hybridized carbons (Fsp3) is 0.364. The molecule has 4 nitrogen and oxygen atoms in total. The molecule has 2 rings (SSSR count). The van der Waals surface area contributed by atoms with Gasteiger partial charge in [0.05, 0.1) is 27.2 Å². The third-order valence-corrected chi connectivity index (χ3v) is 5.39. The van der Waals surface area contributed by atoms with Crippen molar-refractivity contribution in [3.8, 4) is 0 Å². The molecule has 2 N–H and O–H groups in total. The third kappa shape index (κ3) is 3.95. The predicted octanol–water partition coefficient (Wildman–Crippen LogP) is 2.47. The molecule has 1 fully saturated rings. The number of thiocarbonyl (C=S) groups is 1. The van der Waals surface area contributed by atoms with E-state index in [2.05, 4.69) is 10.6 Å². The second-order valence-corrected chi connectivity index (χ2v) is 7.75. The zero-order chi connectivity index (χ0) is 14.0. The molecular formula is C11H12Cl2N2O2S2. The van der Waals surface area contributed by atoms with Crippen molar-refractivity contribution < 1.29 is 8.42 Å². The van der Waals surface area contributed by atoms with E-state index in [1.807, 2.05) is 0 Å². The van der Waals surface area contributed by atoms with Crippen LogP contribution in [0.15, 0.2) is 18.2 Å². The molecule has 0 amide bonds. The van der Waals surface area contributed by atoms with Crippen LogP contribution in [0.4, 0.5) is 5.69 Å². The number of nitrogens with one attached hydrogen (secondary N) is 2. The van der Waals surface area contributed by atoms with Crippen LogP contribution in [0, 0.1) is 0 Å². The van der Waals surface area contributed by atoms with Crippen LogP contribution in [0.1, 0.15) is 6.42 Å². The molecule has 0 radical (unpaired) electrons. The highest BCUT2D eigenvalue weighted by molar-refractivity contribution is 7.91. The van der Waals surface area contributed by atoms with E-state index in [0.29, 0.717) is 27.3 Å². The van der Waals surface area contributed by atoms with Gasteiger partial charge in [0, 0.05) is 6.04 Å². The van der Waals surface area contributed by atoms with Crippen LogP contribution >= 0.6 is 35.4 Å². The summed E-state index contributed by atoms with van der Waals surface area (Å²) < 4.78 is 22.7. The number of anilines is 1. The van der Waals surface area contributed by atoms with E-state index in [1.165, 1.54) is 0 Å². The molecule has 0 saturated carbocycles. The molecule has 104 valence electrons. The number of hydrogen-bond donors (Lipinski definition) is 2. The normalized spacial score (nSPS) is 21.1. The van der Waals surface area contributed by atoms with E-state index in [4.69, 9.17) is 35.4 Å². The van der Waals surface area contributed by atoms with Crippen LogP contribution in [0.3, 0.4) is 0 Å². The topological polar surface area (TPSA) is 58.2 Å². The highest BCUT2D eigenvalue weighted by Crippen LogP contribution is 2.29. The lowest BCUT2D eigenvalue weighted by molar-refractivity contribution is 0.600. The number of halogens is 2. The minimum Gasteiger partial charge on any atom is -0.359 e. The molecule has 19 heavy (non-hydrogen) atoms. The maximum absolute atomic E-state index is 11.3. The Bertz CT molecular complexity index is 584. The molecular weight excluding hydrogens is 327 g/mol. The summed E-state index contributed by atoms with van der Waals surface area (Å²) in [7, 11) is -2.93. The van der Waals surface area contributed by atoms with Crippen molar-refractivity contribution in [1.29, 1.82) is 0 Å². The minimum atomic E-state index is -2.93. The molecule has 0 spiro atoms. The van der Waals surface area contributed by atoms with Crippen LogP contribution < -0.4 is 10.6 Å². The Morgan fingerprint density at radius 2 is 1.95 bits per heavy atom. The van der Waals surface area contributed by atoms with Crippen LogP contribution in [0.5, 0.6) is 0 Å². The first kappa shape index (κ1) is 14.8. The van der Waals surface area contributed by atoms with Crippen molar-refractivity contribution >= 4 is 56.1 Å². The first-order valence-electron chi connectivity index (χ1n) is 5.59. The summed E-state index contributed by atoms with van der Waals surface area (Å²) in [6, 6.07) is 4.96. The van der Waals surface area contributed by atoms with Crippen molar-refractivity contribution in [2.45, 2.75) is 12.5 Å². The second-order valence-electron chi connectivity index (χ2n) is 4.30. The molecule has 1 aliphatic rings. The number of hydrogen-bond acceptors (Lipinski definition) is 3. The monoisotopic (exact) mass is 338 g/mol. The summed E-state index contributed by atoms with van der Waals surface area (Å²) in [5.74, 6) is 0.297. The number of rotatable bonds is 2. The molecule has 8 heteroatoms. The largest absolute Gasteiger partial charge is 0.359 e. The Labute approximate surface area is 127 Å². The first-order valence-corrected chi connectivity index (χ1v) is 8.58. The van der Waals surface area contributed by atoms with E-state index >= 15 is 0 Å². The fourth-order valence-electron chi connectivity index (χ4n) is 1.86. The van der Waals surface area contributed by atoms with Crippen molar-refractivity contribution in [1.82, 2.24) is 5.32 Å². The summed E-state index contributed by atoms with van der Waals surface area (Å²) in [6.45, 7) is 0. The first-order chi connectivity index (χ1) is 8.87. The Morgan fingerprint density at radius 1 is 1.32 bits per heavy atom. The van der Waals surface area contributed by atoms with Gasteiger partial charge in [-0.1, -0.05) is 29.3 Å². The van der Waals surface area contributed by atoms with Crippen molar-refractivity contribution in [3.63, 3.8) is 0 Å². The molecule has 0 bridgehead atoms. The molecule has 1 aliphatic heterocycles. The summed E-state index contributed by atoms with van der Waals surface area (Å²) in [5.41, 5.74) is 0.518. The summed E-state index contributed by atoms with van der Waals surface area (Å²) >= 11 is 17.1. The molecule has 0 aliphatic carbocycles. The summed E-state index contributed by atoms with van der Waals surface area (Å²) in [4.78, 5) is 0. The Morgan fingerprint density at radius 3 is 2.47 bits per heavy atom. The molecule has 1 aromatic carbocycles. The third-order valence-electron chi connectivity index (χ3n) is 2.77. The lowest BCUT2D eigenvalue weighted by Gasteiger charge is -2.16. The minimum absolute atomic E-state index is 0.102. The average Bonchev–Trinajstić information content (AvgIpc) is 2.63. The van der Waals surface area contributed by atoms with Gasteiger partial charge < -0.3 is 10.6 Å². The highest BCUT2D eigenvalue weighted by Gasteiger charge is 2.28. The fourth-order valence-corrected chi connectivity index (χ4v) is 4.30. The van der Waals surface area contributed by atoms with Gasteiger partial charge in [0.1, 0.15) is 0 Å². The predicted molar refractivity (Wildman–Crippen MR) is 82.9 cm³/mol. The number of benzene rings is 1. The van der Waals surface area contributed by atoms with Crippen LogP contribution in [0.25, 0.3) is 0 Å². The quantitative estimate of drug-likeness (QED) is 0.811. The van der Waals surface area contributed by atoms with E-state index < -0.39 is 9.84 Å². The molecule has 1 aromatic rings. The van der Waals surface area contributed by atoms with Gasteiger partial charge in [-0.3, -0.25) is 0 Å². The zero-order valence-corrected chi connectivity index (χ0v) is 13.0. The van der Waals surface area contributed by atoms with Crippen LogP contribution in [-0.4, -0.2) is 31.1 Å². The van der Waals surface area contributed by atoms with E-state index in [0.717, 1.165) is 0 Å². The van der Waals surface area contributed by atoms with Gasteiger partial charge in [-0.25, -0.2) is 8.42 Å². The summed E-state index contributed by atoms with van der Waals surface area (Å²) in [5, 5.41) is 7.08. The molecule has 1 unspecified atom stereocenters. The Kier molecular flexibility index (Phi) is 4.55. The lowest BCUT2D eigenvalue weighted by Crippen LogP contribution is -2.38. The zero-order valence-electron chi connectivity index (χ0n) is 9.82. The molecule has 1 heterocycles. The van der Waals surface area contributed by atoms with Crippen LogP contribution in [0.2, 0.25) is 10.0 Å². The van der Waals surface area contributed by atoms with Gasteiger partial charge in [0.2, 0.25) is 0 Å². The van der Waals surface area contributed by atoms with E-state index in [1.54, 1.807) is 18.2 Å². The molecule has 1 atom stereocenters. The van der Waals surface area contributed by atoms with E-state index in [-0.39, 0.29) is 17.5 Å². The van der Waals surface area contributed by atoms with Gasteiger partial charge in [0.25, 0.3) is 0 Å². The Balaban J connectivity index is 1.99. The standard InChI is InChI=1S/C11H12Cl2N2O2S2/c12-8-2-1-3-9(13)10(8)15-11(18)14-7-4-5-19(16,17)6-7/h1-3,7H,4-6H2,(H2,14,15,18). The van der Waals surface area contributed by atoms with E-state index in [9.17, 15) is 8.42 Å². The summed E-state index contributed by atoms with van der Waals surface area (Å²) in [6.07, 6.45) is 0.556. The van der Waals surface area contributed by atoms with Gasteiger partial charge in [-0.2, -0.15) is 0 Å². The average molecular weight is 339 g/mol. The van der Waals surface area contributed by atoms with Crippen molar-refractivity contribution in [2.24, 2.45) is 0 Å². The highest BCUT2D eigenvalue weighted by atomic mass is 35.5. The van der Waals surface area contributed by atoms with Gasteiger partial charge >= 0.3 is 0 Å².